The van der Waals surface area contributed by atoms with Gasteiger partial charge < -0.3 is 20.7 Å². The average molecular weight is 561 g/mol. The van der Waals surface area contributed by atoms with Crippen LogP contribution in [-0.2, 0) is 11.3 Å². The van der Waals surface area contributed by atoms with Gasteiger partial charge >= 0.3 is 0 Å². The third-order valence-electron chi connectivity index (χ3n) is 3.97. The summed E-state index contributed by atoms with van der Waals surface area (Å²) in [5, 5.41) is 9.29. The second kappa shape index (κ2) is 12.6. The molecule has 0 spiro atoms. The topological polar surface area (TPSA) is 74.8 Å². The monoisotopic (exact) mass is 560 g/mol. The number of benzene rings is 2. The fourth-order valence-electron chi connectivity index (χ4n) is 2.52. The van der Waals surface area contributed by atoms with Gasteiger partial charge in [0, 0.05) is 42.3 Å². The Hall–Kier alpha value is -1.81. The van der Waals surface area contributed by atoms with Crippen LogP contribution in [0, 0.1) is 6.92 Å². The van der Waals surface area contributed by atoms with E-state index in [9.17, 15) is 4.79 Å². The van der Waals surface area contributed by atoms with E-state index in [4.69, 9.17) is 4.74 Å². The van der Waals surface area contributed by atoms with Gasteiger partial charge in [0.15, 0.2) is 5.96 Å². The van der Waals surface area contributed by atoms with Crippen LogP contribution in [0.25, 0.3) is 0 Å². The van der Waals surface area contributed by atoms with Gasteiger partial charge in [0.05, 0.1) is 7.11 Å². The first-order valence-electron chi connectivity index (χ1n) is 8.66. The lowest BCUT2D eigenvalue weighted by molar-refractivity contribution is -0.116. The van der Waals surface area contributed by atoms with Gasteiger partial charge in [0.1, 0.15) is 5.75 Å². The van der Waals surface area contributed by atoms with Crippen LogP contribution in [-0.4, -0.2) is 32.6 Å². The molecule has 0 aliphatic rings. The maximum Gasteiger partial charge on any atom is 0.226 e. The minimum absolute atomic E-state index is 0. The highest BCUT2D eigenvalue weighted by molar-refractivity contribution is 14.0. The molecular weight excluding hydrogens is 535 g/mol. The number of ether oxygens (including phenoxy) is 1. The smallest absolute Gasteiger partial charge is 0.226 e. The Bertz CT molecular complexity index is 815. The van der Waals surface area contributed by atoms with Crippen molar-refractivity contribution in [1.82, 2.24) is 10.6 Å². The highest BCUT2D eigenvalue weighted by atomic mass is 127. The Morgan fingerprint density at radius 2 is 1.93 bits per heavy atom. The number of aryl methyl sites for hydroxylation is 1. The van der Waals surface area contributed by atoms with Crippen molar-refractivity contribution in [2.75, 3.05) is 26.0 Å². The van der Waals surface area contributed by atoms with E-state index in [-0.39, 0.29) is 29.9 Å². The van der Waals surface area contributed by atoms with Gasteiger partial charge in [-0.3, -0.25) is 9.79 Å². The zero-order valence-electron chi connectivity index (χ0n) is 16.2. The Labute approximate surface area is 191 Å². The molecule has 2 aromatic carbocycles. The van der Waals surface area contributed by atoms with Crippen LogP contribution in [0.1, 0.15) is 17.5 Å². The van der Waals surface area contributed by atoms with Crippen LogP contribution in [0.2, 0.25) is 0 Å². The summed E-state index contributed by atoms with van der Waals surface area (Å²) < 4.78 is 6.33. The molecule has 0 radical (unpaired) electrons. The Kier molecular flexibility index (Phi) is 10.9. The second-order valence-corrected chi connectivity index (χ2v) is 6.84. The standard InChI is InChI=1S/C20H25BrN4O2.HI/c1-14-12-16(21)8-9-17(14)25-19(26)10-11-23-20(22-2)24-13-15-6-4-5-7-18(15)27-3;/h4-9,12H,10-11,13H2,1-3H3,(H,25,26)(H2,22,23,24);1H. The van der Waals surface area contributed by atoms with Gasteiger partial charge in [-0.25, -0.2) is 0 Å². The van der Waals surface area contributed by atoms with Gasteiger partial charge in [-0.15, -0.1) is 24.0 Å². The molecule has 2 rings (SSSR count). The molecule has 2 aromatic rings. The van der Waals surface area contributed by atoms with Crippen molar-refractivity contribution < 1.29 is 9.53 Å². The molecule has 0 saturated carbocycles. The summed E-state index contributed by atoms with van der Waals surface area (Å²) in [6.45, 7) is 3.02. The van der Waals surface area contributed by atoms with Crippen LogP contribution in [0.4, 0.5) is 5.69 Å². The lowest BCUT2D eigenvalue weighted by Crippen LogP contribution is -2.38. The van der Waals surface area contributed by atoms with Crippen molar-refractivity contribution >= 4 is 57.5 Å². The predicted molar refractivity (Wildman–Crippen MR) is 129 cm³/mol. The first-order chi connectivity index (χ1) is 13.0. The molecular formula is C20H26BrIN4O2. The van der Waals surface area contributed by atoms with E-state index in [2.05, 4.69) is 36.9 Å². The third kappa shape index (κ3) is 7.67. The molecule has 1 amide bonds. The molecule has 0 aromatic heterocycles. The molecule has 0 saturated heterocycles. The number of rotatable bonds is 7. The zero-order valence-corrected chi connectivity index (χ0v) is 20.1. The van der Waals surface area contributed by atoms with E-state index in [1.54, 1.807) is 14.2 Å². The number of anilines is 1. The van der Waals surface area contributed by atoms with Crippen LogP contribution < -0.4 is 20.7 Å². The summed E-state index contributed by atoms with van der Waals surface area (Å²) in [5.41, 5.74) is 2.87. The van der Waals surface area contributed by atoms with Gasteiger partial charge in [0.25, 0.3) is 0 Å². The number of guanidine groups is 1. The summed E-state index contributed by atoms with van der Waals surface area (Å²) in [4.78, 5) is 16.3. The normalized spacial score (nSPS) is 10.6. The highest BCUT2D eigenvalue weighted by Crippen LogP contribution is 2.20. The fourth-order valence-corrected chi connectivity index (χ4v) is 3.00. The molecule has 0 aliphatic carbocycles. The van der Waals surface area contributed by atoms with E-state index < -0.39 is 0 Å². The molecule has 0 aliphatic heterocycles. The molecule has 0 atom stereocenters. The van der Waals surface area contributed by atoms with E-state index >= 15 is 0 Å². The number of nitrogens with zero attached hydrogens (tertiary/aromatic N) is 1. The lowest BCUT2D eigenvalue weighted by Gasteiger charge is -2.14. The molecule has 3 N–H and O–H groups in total. The molecule has 152 valence electrons. The first kappa shape index (κ1) is 24.2. The SMILES string of the molecule is CN=C(NCCC(=O)Nc1ccc(Br)cc1C)NCc1ccccc1OC.I. The highest BCUT2D eigenvalue weighted by Gasteiger charge is 2.07. The minimum atomic E-state index is -0.0481. The number of carbonyl (C=O) groups is 1. The van der Waals surface area contributed by atoms with E-state index in [0.29, 0.717) is 25.5 Å². The number of carbonyl (C=O) groups excluding carboxylic acids is 1. The number of nitrogens with one attached hydrogen (secondary N) is 3. The molecule has 0 bridgehead atoms. The number of aliphatic imine (C=N–C) groups is 1. The Morgan fingerprint density at radius 3 is 2.61 bits per heavy atom. The quantitative estimate of drug-likeness (QED) is 0.271. The van der Waals surface area contributed by atoms with Crippen LogP contribution in [0.5, 0.6) is 5.75 Å². The van der Waals surface area contributed by atoms with Crippen molar-refractivity contribution in [2.24, 2.45) is 4.99 Å². The van der Waals surface area contributed by atoms with E-state index in [1.807, 2.05) is 49.4 Å². The number of methoxy groups -OCH3 is 1. The number of para-hydroxylation sites is 1. The maximum atomic E-state index is 12.1. The number of halogens is 2. The molecule has 6 nitrogen and oxygen atoms in total. The van der Waals surface area contributed by atoms with Crippen molar-refractivity contribution in [2.45, 2.75) is 19.9 Å². The number of amides is 1. The first-order valence-corrected chi connectivity index (χ1v) is 9.45. The molecule has 0 unspecified atom stereocenters. The van der Waals surface area contributed by atoms with Crippen molar-refractivity contribution in [3.05, 3.63) is 58.1 Å². The maximum absolute atomic E-state index is 12.1. The van der Waals surface area contributed by atoms with E-state index in [0.717, 1.165) is 27.0 Å². The van der Waals surface area contributed by atoms with Crippen molar-refractivity contribution in [1.29, 1.82) is 0 Å². The molecule has 0 fully saturated rings. The molecule has 8 heteroatoms. The average Bonchev–Trinajstić information content (AvgIpc) is 2.67. The summed E-state index contributed by atoms with van der Waals surface area (Å²) in [7, 11) is 3.35. The van der Waals surface area contributed by atoms with Gasteiger partial charge in [-0.2, -0.15) is 0 Å². The zero-order chi connectivity index (χ0) is 19.6. The molecule has 28 heavy (non-hydrogen) atoms. The third-order valence-corrected chi connectivity index (χ3v) is 4.46. The van der Waals surface area contributed by atoms with Crippen molar-refractivity contribution in [3.8, 4) is 5.75 Å². The summed E-state index contributed by atoms with van der Waals surface area (Å²) in [6.07, 6.45) is 0.338. The summed E-state index contributed by atoms with van der Waals surface area (Å²) >= 11 is 3.42. The minimum Gasteiger partial charge on any atom is -0.496 e. The predicted octanol–water partition coefficient (Wildman–Crippen LogP) is 4.08. The summed E-state index contributed by atoms with van der Waals surface area (Å²) in [5.74, 6) is 1.41. The second-order valence-electron chi connectivity index (χ2n) is 5.92. The lowest BCUT2D eigenvalue weighted by atomic mass is 10.2. The Balaban J connectivity index is 0.00000392. The van der Waals surface area contributed by atoms with E-state index in [1.165, 1.54) is 0 Å². The van der Waals surface area contributed by atoms with Gasteiger partial charge in [-0.05, 0) is 36.8 Å². The van der Waals surface area contributed by atoms with Crippen LogP contribution >= 0.6 is 39.9 Å². The van der Waals surface area contributed by atoms with Crippen molar-refractivity contribution in [3.63, 3.8) is 0 Å². The molecule has 0 heterocycles. The summed E-state index contributed by atoms with van der Waals surface area (Å²) in [6, 6.07) is 13.6. The number of hydrogen-bond donors (Lipinski definition) is 3. The Morgan fingerprint density at radius 1 is 1.18 bits per heavy atom. The largest absolute Gasteiger partial charge is 0.496 e. The van der Waals surface area contributed by atoms with Gasteiger partial charge in [-0.1, -0.05) is 34.1 Å². The van der Waals surface area contributed by atoms with Crippen LogP contribution in [0.15, 0.2) is 51.9 Å². The van der Waals surface area contributed by atoms with Gasteiger partial charge in [0.2, 0.25) is 5.91 Å². The van der Waals surface area contributed by atoms with Crippen LogP contribution in [0.3, 0.4) is 0 Å². The number of hydrogen-bond acceptors (Lipinski definition) is 3. The fraction of sp³-hybridized carbons (Fsp3) is 0.300.